The van der Waals surface area contributed by atoms with Crippen LogP contribution in [0.4, 0.5) is 0 Å². The lowest BCUT2D eigenvalue weighted by Crippen LogP contribution is -2.27. The van der Waals surface area contributed by atoms with E-state index >= 15 is 0 Å². The molecular formula is C8H14ClN3O3S. The molecule has 1 heterocycles. The molecule has 0 aliphatic rings. The molecular weight excluding hydrogens is 254 g/mol. The van der Waals surface area contributed by atoms with Gasteiger partial charge in [-0.05, 0) is 24.9 Å². The van der Waals surface area contributed by atoms with Crippen molar-refractivity contribution in [3.8, 4) is 0 Å². The average Bonchev–Trinajstić information content (AvgIpc) is 2.46. The summed E-state index contributed by atoms with van der Waals surface area (Å²) < 4.78 is 27.0. The highest BCUT2D eigenvalue weighted by Crippen LogP contribution is 2.11. The maximum Gasteiger partial charge on any atom is 0.259 e. The summed E-state index contributed by atoms with van der Waals surface area (Å²) in [4.78, 5) is 3.70. The van der Waals surface area contributed by atoms with Gasteiger partial charge in [0.1, 0.15) is 0 Å². The van der Waals surface area contributed by atoms with Crippen molar-refractivity contribution >= 4 is 21.6 Å². The molecule has 0 radical (unpaired) electrons. The number of aliphatic hydroxyl groups excluding tert-OH is 1. The van der Waals surface area contributed by atoms with E-state index < -0.39 is 16.1 Å². The molecule has 1 atom stereocenters. The number of hydrogen-bond acceptors (Lipinski definition) is 4. The number of nitrogens with one attached hydrogen (secondary N) is 1. The van der Waals surface area contributed by atoms with E-state index in [0.717, 1.165) is 0 Å². The second kappa shape index (κ2) is 5.13. The smallest absolute Gasteiger partial charge is 0.259 e. The number of aromatic nitrogens is 2. The van der Waals surface area contributed by atoms with Gasteiger partial charge in [-0.1, -0.05) is 0 Å². The van der Waals surface area contributed by atoms with Crippen LogP contribution in [-0.2, 0) is 17.1 Å². The van der Waals surface area contributed by atoms with Crippen molar-refractivity contribution in [2.75, 3.05) is 6.54 Å². The molecule has 0 saturated heterocycles. The molecule has 0 aliphatic heterocycles. The Hall–Kier alpha value is -0.630. The number of imidazole rings is 1. The van der Waals surface area contributed by atoms with Gasteiger partial charge < -0.3 is 9.67 Å². The van der Waals surface area contributed by atoms with Crippen molar-refractivity contribution in [3.05, 3.63) is 11.5 Å². The Morgan fingerprint density at radius 2 is 2.31 bits per heavy atom. The molecule has 6 nitrogen and oxygen atoms in total. The number of hydrogen-bond donors (Lipinski definition) is 2. The maximum absolute atomic E-state index is 11.7. The van der Waals surface area contributed by atoms with Crippen LogP contribution in [0.1, 0.15) is 13.3 Å². The third-order valence-electron chi connectivity index (χ3n) is 1.93. The van der Waals surface area contributed by atoms with Gasteiger partial charge in [0.2, 0.25) is 5.28 Å². The van der Waals surface area contributed by atoms with Gasteiger partial charge in [0.15, 0.2) is 5.03 Å². The van der Waals surface area contributed by atoms with E-state index in [1.54, 1.807) is 14.0 Å². The Labute approximate surface area is 99.3 Å². The number of nitrogens with zero attached hydrogens (tertiary/aromatic N) is 2. The first-order valence-electron chi connectivity index (χ1n) is 4.69. The van der Waals surface area contributed by atoms with Gasteiger partial charge in [0.05, 0.1) is 6.10 Å². The van der Waals surface area contributed by atoms with Crippen LogP contribution in [-0.4, -0.2) is 35.7 Å². The summed E-state index contributed by atoms with van der Waals surface area (Å²) >= 11 is 5.64. The van der Waals surface area contributed by atoms with Gasteiger partial charge in [-0.2, -0.15) is 0 Å². The number of halogens is 1. The van der Waals surface area contributed by atoms with Crippen LogP contribution in [0, 0.1) is 0 Å². The van der Waals surface area contributed by atoms with E-state index in [1.165, 1.54) is 10.8 Å². The molecule has 0 saturated carbocycles. The highest BCUT2D eigenvalue weighted by atomic mass is 35.5. The molecule has 0 spiro atoms. The zero-order chi connectivity index (χ0) is 12.3. The zero-order valence-electron chi connectivity index (χ0n) is 9.01. The minimum Gasteiger partial charge on any atom is -0.393 e. The first-order chi connectivity index (χ1) is 7.33. The first-order valence-corrected chi connectivity index (χ1v) is 6.55. The number of rotatable bonds is 5. The van der Waals surface area contributed by atoms with Crippen molar-refractivity contribution in [1.29, 1.82) is 0 Å². The third-order valence-corrected chi connectivity index (χ3v) is 3.61. The lowest BCUT2D eigenvalue weighted by atomic mass is 10.3. The average molecular weight is 268 g/mol. The highest BCUT2D eigenvalue weighted by molar-refractivity contribution is 7.89. The molecule has 1 aromatic heterocycles. The van der Waals surface area contributed by atoms with Crippen LogP contribution in [0.25, 0.3) is 0 Å². The predicted octanol–water partition coefficient (Wildman–Crippen LogP) is 0.123. The predicted molar refractivity (Wildman–Crippen MR) is 59.7 cm³/mol. The summed E-state index contributed by atoms with van der Waals surface area (Å²) in [7, 11) is -2.03. The number of aryl methyl sites for hydroxylation is 1. The number of sulfonamides is 1. The fraction of sp³-hybridized carbons (Fsp3) is 0.625. The van der Waals surface area contributed by atoms with E-state index in [9.17, 15) is 8.42 Å². The Balaban J connectivity index is 2.71. The minimum absolute atomic E-state index is 0.107. The second-order valence-electron chi connectivity index (χ2n) is 3.49. The number of aliphatic hydroxyl groups is 1. The van der Waals surface area contributed by atoms with Crippen LogP contribution < -0.4 is 4.72 Å². The van der Waals surface area contributed by atoms with Crippen LogP contribution >= 0.6 is 11.6 Å². The second-order valence-corrected chi connectivity index (χ2v) is 5.55. The Kier molecular flexibility index (Phi) is 4.31. The van der Waals surface area contributed by atoms with Gasteiger partial charge >= 0.3 is 0 Å². The summed E-state index contributed by atoms with van der Waals surface area (Å²) in [6.45, 7) is 1.75. The van der Waals surface area contributed by atoms with Crippen molar-refractivity contribution < 1.29 is 13.5 Å². The summed E-state index contributed by atoms with van der Waals surface area (Å²) in [6, 6.07) is 0. The zero-order valence-corrected chi connectivity index (χ0v) is 10.6. The van der Waals surface area contributed by atoms with Crippen molar-refractivity contribution in [2.24, 2.45) is 7.05 Å². The van der Waals surface area contributed by atoms with E-state index in [2.05, 4.69) is 9.71 Å². The Bertz CT molecular complexity index is 436. The molecule has 1 unspecified atom stereocenters. The molecule has 0 aromatic carbocycles. The molecule has 1 rings (SSSR count). The molecule has 0 bridgehead atoms. The SMILES string of the molecule is CC(O)CCNS(=O)(=O)c1cn(C)c(Cl)n1. The molecule has 0 fully saturated rings. The van der Waals surface area contributed by atoms with Crippen molar-refractivity contribution in [3.63, 3.8) is 0 Å². The van der Waals surface area contributed by atoms with Gasteiger partial charge in [-0.15, -0.1) is 0 Å². The summed E-state index contributed by atoms with van der Waals surface area (Å²) in [5.74, 6) is 0. The van der Waals surface area contributed by atoms with Crippen molar-refractivity contribution in [1.82, 2.24) is 14.3 Å². The highest BCUT2D eigenvalue weighted by Gasteiger charge is 2.18. The third kappa shape index (κ3) is 3.44. The summed E-state index contributed by atoms with van der Waals surface area (Å²) in [5, 5.41) is 8.98. The Morgan fingerprint density at radius 1 is 1.69 bits per heavy atom. The molecule has 16 heavy (non-hydrogen) atoms. The van der Waals surface area contributed by atoms with Crippen molar-refractivity contribution in [2.45, 2.75) is 24.5 Å². The molecule has 92 valence electrons. The molecule has 0 amide bonds. The minimum atomic E-state index is -3.64. The molecule has 2 N–H and O–H groups in total. The van der Waals surface area contributed by atoms with Gasteiger partial charge in [0, 0.05) is 19.8 Å². The van der Waals surface area contributed by atoms with Gasteiger partial charge in [0.25, 0.3) is 10.0 Å². The maximum atomic E-state index is 11.7. The van der Waals surface area contributed by atoms with Crippen LogP contribution in [0.3, 0.4) is 0 Å². The van der Waals surface area contributed by atoms with Gasteiger partial charge in [-0.3, -0.25) is 0 Å². The van der Waals surface area contributed by atoms with E-state index in [0.29, 0.717) is 6.42 Å². The van der Waals surface area contributed by atoms with Crippen LogP contribution in [0.15, 0.2) is 11.2 Å². The van der Waals surface area contributed by atoms with E-state index in [-0.39, 0.29) is 16.9 Å². The van der Waals surface area contributed by atoms with Gasteiger partial charge in [-0.25, -0.2) is 18.1 Å². The fourth-order valence-electron chi connectivity index (χ4n) is 1.02. The normalized spacial score (nSPS) is 14.0. The van der Waals surface area contributed by atoms with E-state index in [1.807, 2.05) is 0 Å². The lowest BCUT2D eigenvalue weighted by Gasteiger charge is -2.05. The summed E-state index contributed by atoms with van der Waals surface area (Å²) in [5.41, 5.74) is 0. The summed E-state index contributed by atoms with van der Waals surface area (Å²) in [6.07, 6.45) is 1.13. The fourth-order valence-corrected chi connectivity index (χ4v) is 2.25. The molecule has 8 heteroatoms. The largest absolute Gasteiger partial charge is 0.393 e. The van der Waals surface area contributed by atoms with Crippen LogP contribution in [0.2, 0.25) is 5.28 Å². The Morgan fingerprint density at radius 3 is 2.75 bits per heavy atom. The monoisotopic (exact) mass is 267 g/mol. The molecule has 0 aliphatic carbocycles. The quantitative estimate of drug-likeness (QED) is 0.794. The first kappa shape index (κ1) is 13.4. The molecule has 1 aromatic rings. The lowest BCUT2D eigenvalue weighted by molar-refractivity contribution is 0.186. The van der Waals surface area contributed by atoms with Crippen LogP contribution in [0.5, 0.6) is 0 Å². The standard InChI is InChI=1S/C8H14ClN3O3S/c1-6(13)3-4-10-16(14,15)7-5-12(2)8(9)11-7/h5-6,10,13H,3-4H2,1-2H3. The van der Waals surface area contributed by atoms with E-state index in [4.69, 9.17) is 16.7 Å². The topological polar surface area (TPSA) is 84.2 Å².